The molecule has 0 radical (unpaired) electrons. The quantitative estimate of drug-likeness (QED) is 0.680. The molecule has 3 nitrogen and oxygen atoms in total. The maximum atomic E-state index is 10.1. The Balaban J connectivity index is 4.17. The highest BCUT2D eigenvalue weighted by molar-refractivity contribution is 7.47. The smallest absolute Gasteiger partial charge is 0.201 e. The van der Waals surface area contributed by atoms with Crippen molar-refractivity contribution >= 4 is 8.38 Å². The average molecular weight is 250 g/mol. The monoisotopic (exact) mass is 250 g/mol. The highest BCUT2D eigenvalue weighted by Gasteiger charge is 2.34. The van der Waals surface area contributed by atoms with Crippen LogP contribution in [0.25, 0.3) is 0 Å². The Morgan fingerprint density at radius 1 is 1.12 bits per heavy atom. The normalized spacial score (nSPS) is 19.9. The van der Waals surface area contributed by atoms with Gasteiger partial charge in [-0.2, -0.15) is 0 Å². The zero-order chi connectivity index (χ0) is 12.9. The minimum absolute atomic E-state index is 0.00486. The molecule has 0 bridgehead atoms. The molecular formula is C12H27O3P. The highest BCUT2D eigenvalue weighted by atomic mass is 31.2. The Morgan fingerprint density at radius 3 is 2.00 bits per heavy atom. The van der Waals surface area contributed by atoms with Crippen LogP contribution < -0.4 is 0 Å². The second-order valence-electron chi connectivity index (χ2n) is 5.63. The fourth-order valence-electron chi connectivity index (χ4n) is 1.84. The van der Waals surface area contributed by atoms with Crippen molar-refractivity contribution in [3.8, 4) is 0 Å². The van der Waals surface area contributed by atoms with Gasteiger partial charge in [0.25, 0.3) is 0 Å². The largest absolute Gasteiger partial charge is 0.381 e. The first-order chi connectivity index (χ1) is 7.15. The number of hydrogen-bond acceptors (Lipinski definition) is 3. The molecule has 0 amide bonds. The Morgan fingerprint density at radius 2 is 1.62 bits per heavy atom. The van der Waals surface area contributed by atoms with E-state index < -0.39 is 13.7 Å². The van der Waals surface area contributed by atoms with Crippen molar-refractivity contribution in [2.24, 2.45) is 11.8 Å². The molecule has 4 heteroatoms. The summed E-state index contributed by atoms with van der Waals surface area (Å²) in [6, 6.07) is 0. The van der Waals surface area contributed by atoms with E-state index in [9.17, 15) is 10.00 Å². The number of aliphatic hydroxyl groups is 1. The summed E-state index contributed by atoms with van der Waals surface area (Å²) in [6.07, 6.45) is 1.45. The molecule has 0 rings (SSSR count). The summed E-state index contributed by atoms with van der Waals surface area (Å²) in [5.41, 5.74) is 0. The van der Waals surface area contributed by atoms with Crippen LogP contribution in [0.1, 0.15) is 54.4 Å². The van der Waals surface area contributed by atoms with E-state index in [1.54, 1.807) is 6.92 Å². The number of hydrogen-bond donors (Lipinski definition) is 2. The molecule has 98 valence electrons. The molecule has 3 atom stereocenters. The fourth-order valence-corrected chi connectivity index (χ4v) is 3.02. The minimum atomic E-state index is -1.77. The van der Waals surface area contributed by atoms with Gasteiger partial charge in [-0.1, -0.05) is 27.7 Å². The SMILES string of the molecule is CC(C)CC(C)OP(O)C(C)(O)CC(C)C. The lowest BCUT2D eigenvalue weighted by Gasteiger charge is -2.31. The molecule has 0 aromatic carbocycles. The fraction of sp³-hybridized carbons (Fsp3) is 1.00. The Bertz CT molecular complexity index is 193. The van der Waals surface area contributed by atoms with E-state index in [1.165, 1.54) is 0 Å². The van der Waals surface area contributed by atoms with Crippen molar-refractivity contribution in [3.05, 3.63) is 0 Å². The van der Waals surface area contributed by atoms with Crippen molar-refractivity contribution < 1.29 is 14.5 Å². The molecule has 0 spiro atoms. The third-order valence-corrected chi connectivity index (χ3v) is 3.86. The standard InChI is InChI=1S/C12H27O3P/c1-9(2)7-11(5)15-16(14)12(6,13)8-10(3)4/h9-11,13-14H,7-8H2,1-6H3. The summed E-state index contributed by atoms with van der Waals surface area (Å²) in [5.74, 6) is 0.879. The van der Waals surface area contributed by atoms with Gasteiger partial charge in [-0.3, -0.25) is 0 Å². The first-order valence-electron chi connectivity index (χ1n) is 6.03. The van der Waals surface area contributed by atoms with Crippen LogP contribution in [0.2, 0.25) is 0 Å². The lowest BCUT2D eigenvalue weighted by Crippen LogP contribution is -2.26. The van der Waals surface area contributed by atoms with E-state index in [1.807, 2.05) is 20.8 Å². The summed E-state index contributed by atoms with van der Waals surface area (Å²) in [5, 5.41) is 8.99. The van der Waals surface area contributed by atoms with Crippen molar-refractivity contribution in [2.75, 3.05) is 0 Å². The van der Waals surface area contributed by atoms with Crippen LogP contribution in [0.3, 0.4) is 0 Å². The van der Waals surface area contributed by atoms with Gasteiger partial charge >= 0.3 is 0 Å². The molecule has 0 aromatic heterocycles. The zero-order valence-electron chi connectivity index (χ0n) is 11.4. The van der Waals surface area contributed by atoms with Gasteiger partial charge in [-0.15, -0.1) is 0 Å². The first-order valence-corrected chi connectivity index (χ1v) is 7.24. The number of rotatable bonds is 7. The van der Waals surface area contributed by atoms with E-state index in [2.05, 4.69) is 13.8 Å². The summed E-state index contributed by atoms with van der Waals surface area (Å²) < 4.78 is 5.50. The lowest BCUT2D eigenvalue weighted by molar-refractivity contribution is 0.0806. The first kappa shape index (κ1) is 16.3. The predicted molar refractivity (Wildman–Crippen MR) is 69.2 cm³/mol. The topological polar surface area (TPSA) is 49.7 Å². The van der Waals surface area contributed by atoms with Gasteiger partial charge in [-0.05, 0) is 38.5 Å². The molecule has 0 saturated carbocycles. The van der Waals surface area contributed by atoms with Crippen molar-refractivity contribution in [2.45, 2.75) is 65.8 Å². The second-order valence-corrected chi connectivity index (χ2v) is 7.35. The Hall–Kier alpha value is 0.310. The third kappa shape index (κ3) is 6.80. The molecule has 0 fully saturated rings. The van der Waals surface area contributed by atoms with Crippen LogP contribution in [0.5, 0.6) is 0 Å². The van der Waals surface area contributed by atoms with Gasteiger partial charge in [0.1, 0.15) is 5.34 Å². The summed E-state index contributed by atoms with van der Waals surface area (Å²) in [6.45, 7) is 11.9. The summed E-state index contributed by atoms with van der Waals surface area (Å²) in [7, 11) is -1.77. The van der Waals surface area contributed by atoms with E-state index >= 15 is 0 Å². The van der Waals surface area contributed by atoms with Crippen LogP contribution in [0, 0.1) is 11.8 Å². The van der Waals surface area contributed by atoms with E-state index in [0.717, 1.165) is 6.42 Å². The molecule has 0 aliphatic rings. The Kier molecular flexibility index (Phi) is 7.04. The lowest BCUT2D eigenvalue weighted by atomic mass is 10.1. The van der Waals surface area contributed by atoms with E-state index in [-0.39, 0.29) is 6.10 Å². The molecule has 2 N–H and O–H groups in total. The zero-order valence-corrected chi connectivity index (χ0v) is 12.3. The van der Waals surface area contributed by atoms with Gasteiger partial charge in [0.2, 0.25) is 8.38 Å². The summed E-state index contributed by atoms with van der Waals surface area (Å²) >= 11 is 0. The molecule has 0 aliphatic carbocycles. The predicted octanol–water partition coefficient (Wildman–Crippen LogP) is 3.50. The third-order valence-electron chi connectivity index (χ3n) is 2.29. The molecule has 0 saturated heterocycles. The Labute approximate surface area is 101 Å². The van der Waals surface area contributed by atoms with Gasteiger partial charge in [0.05, 0.1) is 6.10 Å². The molecule has 0 heterocycles. The molecule has 0 aromatic rings. The van der Waals surface area contributed by atoms with Gasteiger partial charge < -0.3 is 14.5 Å². The second kappa shape index (κ2) is 6.90. The average Bonchev–Trinajstić information content (AvgIpc) is 1.98. The summed E-state index contributed by atoms with van der Waals surface area (Å²) in [4.78, 5) is 9.90. The highest BCUT2D eigenvalue weighted by Crippen LogP contribution is 2.49. The van der Waals surface area contributed by atoms with Gasteiger partial charge in [0.15, 0.2) is 0 Å². The van der Waals surface area contributed by atoms with Crippen LogP contribution in [0.4, 0.5) is 0 Å². The maximum absolute atomic E-state index is 10.1. The minimum Gasteiger partial charge on any atom is -0.381 e. The van der Waals surface area contributed by atoms with E-state index in [4.69, 9.17) is 4.52 Å². The van der Waals surface area contributed by atoms with Crippen LogP contribution in [-0.2, 0) is 4.52 Å². The molecule has 0 aliphatic heterocycles. The van der Waals surface area contributed by atoms with Gasteiger partial charge in [0, 0.05) is 0 Å². The molecule has 3 unspecified atom stereocenters. The van der Waals surface area contributed by atoms with Crippen molar-refractivity contribution in [1.29, 1.82) is 0 Å². The van der Waals surface area contributed by atoms with Crippen LogP contribution in [0.15, 0.2) is 0 Å². The van der Waals surface area contributed by atoms with Crippen LogP contribution >= 0.6 is 8.38 Å². The van der Waals surface area contributed by atoms with Crippen molar-refractivity contribution in [1.82, 2.24) is 0 Å². The maximum Gasteiger partial charge on any atom is 0.201 e. The molecule has 16 heavy (non-hydrogen) atoms. The van der Waals surface area contributed by atoms with E-state index in [0.29, 0.717) is 18.3 Å². The molecular weight excluding hydrogens is 223 g/mol. The van der Waals surface area contributed by atoms with Gasteiger partial charge in [-0.25, -0.2) is 0 Å². The van der Waals surface area contributed by atoms with Crippen molar-refractivity contribution in [3.63, 3.8) is 0 Å². The van der Waals surface area contributed by atoms with Crippen LogP contribution in [-0.4, -0.2) is 21.4 Å².